The van der Waals surface area contributed by atoms with Crippen LogP contribution < -0.4 is 0 Å². The molecule has 1 aliphatic rings. The fourth-order valence-electron chi connectivity index (χ4n) is 1.64. The summed E-state index contributed by atoms with van der Waals surface area (Å²) in [6.45, 7) is -0.207. The Morgan fingerprint density at radius 2 is 2.00 bits per heavy atom. The maximum Gasteiger partial charge on any atom is 0.471 e. The Morgan fingerprint density at radius 1 is 1.39 bits per heavy atom. The number of carbonyl (C=O) groups is 2. The molecular weight excluding hydrogens is 255 g/mol. The number of hydrogen-bond acceptors (Lipinski definition) is 3. The van der Waals surface area contributed by atoms with Crippen molar-refractivity contribution < 1.29 is 27.9 Å². The maximum absolute atomic E-state index is 12.1. The fraction of sp³-hybridized carbons (Fsp3) is 0.444. The Bertz CT molecular complexity index is 491. The number of likely N-dealkylation sites (tertiary alicyclic amines) is 1. The molecule has 1 aromatic rings. The zero-order chi connectivity index (χ0) is 13.5. The third-order valence-electron chi connectivity index (χ3n) is 2.63. The van der Waals surface area contributed by atoms with E-state index in [4.69, 9.17) is 5.11 Å². The summed E-state index contributed by atoms with van der Waals surface area (Å²) in [5, 5.41) is 8.63. The zero-order valence-electron chi connectivity index (χ0n) is 8.89. The highest BCUT2D eigenvalue weighted by Gasteiger charge is 2.46. The van der Waals surface area contributed by atoms with Gasteiger partial charge in [-0.25, -0.2) is 9.78 Å². The van der Waals surface area contributed by atoms with E-state index in [1.807, 2.05) is 0 Å². The van der Waals surface area contributed by atoms with Crippen molar-refractivity contribution in [2.45, 2.75) is 12.2 Å². The number of nitrogens with zero attached hydrogens (tertiary/aromatic N) is 3. The van der Waals surface area contributed by atoms with E-state index in [1.54, 1.807) is 0 Å². The fourth-order valence-corrected chi connectivity index (χ4v) is 1.64. The molecule has 0 saturated carbocycles. The topological polar surface area (TPSA) is 75.4 Å². The minimum Gasteiger partial charge on any atom is -0.476 e. The zero-order valence-corrected chi connectivity index (χ0v) is 8.89. The van der Waals surface area contributed by atoms with Gasteiger partial charge in [-0.3, -0.25) is 4.79 Å². The van der Waals surface area contributed by atoms with Crippen molar-refractivity contribution in [2.75, 3.05) is 13.1 Å². The summed E-state index contributed by atoms with van der Waals surface area (Å²) >= 11 is 0. The minimum atomic E-state index is -4.87. The molecule has 1 saturated heterocycles. The first-order chi connectivity index (χ1) is 8.29. The van der Waals surface area contributed by atoms with E-state index >= 15 is 0 Å². The van der Waals surface area contributed by atoms with E-state index in [-0.39, 0.29) is 24.8 Å². The SMILES string of the molecule is O=C(O)c1cn(C2CN(C(=O)C(F)(F)F)C2)cn1. The lowest BCUT2D eigenvalue weighted by molar-refractivity contribution is -0.191. The van der Waals surface area contributed by atoms with Gasteiger partial charge in [0.05, 0.1) is 12.4 Å². The number of aromatic carboxylic acids is 1. The molecule has 6 nitrogen and oxygen atoms in total. The van der Waals surface area contributed by atoms with Crippen molar-refractivity contribution in [3.8, 4) is 0 Å². The van der Waals surface area contributed by atoms with Gasteiger partial charge < -0.3 is 14.6 Å². The monoisotopic (exact) mass is 263 g/mol. The summed E-state index contributed by atoms with van der Waals surface area (Å²) in [4.78, 5) is 25.6. The number of alkyl halides is 3. The van der Waals surface area contributed by atoms with Crippen LogP contribution in [-0.4, -0.2) is 50.7 Å². The molecule has 1 N–H and O–H groups in total. The van der Waals surface area contributed by atoms with Gasteiger partial charge in [-0.15, -0.1) is 0 Å². The van der Waals surface area contributed by atoms with Crippen molar-refractivity contribution in [2.24, 2.45) is 0 Å². The first-order valence-corrected chi connectivity index (χ1v) is 4.92. The van der Waals surface area contributed by atoms with Gasteiger partial charge in [-0.1, -0.05) is 0 Å². The predicted octanol–water partition coefficient (Wildman–Crippen LogP) is 0.527. The second kappa shape index (κ2) is 4.00. The van der Waals surface area contributed by atoms with Crippen LogP contribution >= 0.6 is 0 Å². The molecule has 2 heterocycles. The van der Waals surface area contributed by atoms with Gasteiger partial charge in [0.15, 0.2) is 5.69 Å². The Hall–Kier alpha value is -2.06. The van der Waals surface area contributed by atoms with Gasteiger partial charge in [0.2, 0.25) is 0 Å². The molecule has 0 aliphatic carbocycles. The van der Waals surface area contributed by atoms with Crippen LogP contribution in [0.4, 0.5) is 13.2 Å². The molecule has 0 spiro atoms. The van der Waals surface area contributed by atoms with Gasteiger partial charge in [-0.2, -0.15) is 13.2 Å². The van der Waals surface area contributed by atoms with Crippen LogP contribution in [-0.2, 0) is 4.79 Å². The quantitative estimate of drug-likeness (QED) is 0.844. The summed E-state index contributed by atoms with van der Waals surface area (Å²) in [5.41, 5.74) is -0.185. The average Bonchev–Trinajstić information content (AvgIpc) is 2.62. The summed E-state index contributed by atoms with van der Waals surface area (Å²) in [5.74, 6) is -3.09. The molecule has 2 rings (SSSR count). The highest BCUT2D eigenvalue weighted by atomic mass is 19.4. The van der Waals surface area contributed by atoms with Crippen LogP contribution in [0.25, 0.3) is 0 Å². The molecule has 1 amide bonds. The van der Waals surface area contributed by atoms with Crippen LogP contribution in [0.5, 0.6) is 0 Å². The second-order valence-corrected chi connectivity index (χ2v) is 3.87. The normalized spacial score (nSPS) is 16.5. The van der Waals surface area contributed by atoms with Gasteiger partial charge in [0.25, 0.3) is 0 Å². The molecule has 1 aliphatic heterocycles. The Labute approximate surface area is 98.6 Å². The smallest absolute Gasteiger partial charge is 0.471 e. The lowest BCUT2D eigenvalue weighted by Crippen LogP contribution is -2.54. The van der Waals surface area contributed by atoms with E-state index in [0.29, 0.717) is 4.90 Å². The maximum atomic E-state index is 12.1. The number of carbonyl (C=O) groups excluding carboxylic acids is 1. The molecule has 98 valence electrons. The number of carboxylic acids is 1. The van der Waals surface area contributed by atoms with Crippen LogP contribution in [0.3, 0.4) is 0 Å². The Kier molecular flexibility index (Phi) is 2.76. The molecule has 0 atom stereocenters. The number of halogens is 3. The second-order valence-electron chi connectivity index (χ2n) is 3.87. The number of carboxylic acid groups (broad SMARTS) is 1. The lowest BCUT2D eigenvalue weighted by atomic mass is 10.1. The summed E-state index contributed by atoms with van der Waals surface area (Å²) in [7, 11) is 0. The summed E-state index contributed by atoms with van der Waals surface area (Å²) in [6.07, 6.45) is -2.42. The van der Waals surface area contributed by atoms with Crippen LogP contribution in [0.1, 0.15) is 16.5 Å². The van der Waals surface area contributed by atoms with Crippen LogP contribution in [0.2, 0.25) is 0 Å². The van der Waals surface area contributed by atoms with Crippen molar-refractivity contribution in [1.29, 1.82) is 0 Å². The van der Waals surface area contributed by atoms with Crippen LogP contribution in [0, 0.1) is 0 Å². The molecular formula is C9H8F3N3O3. The Morgan fingerprint density at radius 3 is 2.44 bits per heavy atom. The van der Waals surface area contributed by atoms with Crippen molar-refractivity contribution in [3.63, 3.8) is 0 Å². The molecule has 0 unspecified atom stereocenters. The van der Waals surface area contributed by atoms with E-state index < -0.39 is 18.1 Å². The van der Waals surface area contributed by atoms with Crippen molar-refractivity contribution in [3.05, 3.63) is 18.2 Å². The standard InChI is InChI=1S/C9H8F3N3O3/c10-9(11,12)8(18)14-1-5(2-14)15-3-6(7(16)17)13-4-15/h3-5H,1-2H2,(H,16,17). The molecule has 1 aromatic heterocycles. The third kappa shape index (κ3) is 2.15. The molecule has 18 heavy (non-hydrogen) atoms. The highest BCUT2D eigenvalue weighted by Crippen LogP contribution is 2.27. The minimum absolute atomic E-state index is 0.103. The largest absolute Gasteiger partial charge is 0.476 e. The molecule has 1 fully saturated rings. The average molecular weight is 263 g/mol. The summed E-state index contributed by atoms with van der Waals surface area (Å²) in [6, 6.07) is -0.364. The van der Waals surface area contributed by atoms with E-state index in [9.17, 15) is 22.8 Å². The van der Waals surface area contributed by atoms with E-state index in [0.717, 1.165) is 0 Å². The lowest BCUT2D eigenvalue weighted by Gasteiger charge is -2.39. The van der Waals surface area contributed by atoms with Gasteiger partial charge in [0, 0.05) is 19.3 Å². The highest BCUT2D eigenvalue weighted by molar-refractivity contribution is 5.85. The van der Waals surface area contributed by atoms with Gasteiger partial charge in [-0.05, 0) is 0 Å². The third-order valence-corrected chi connectivity index (χ3v) is 2.63. The number of rotatable bonds is 2. The number of aromatic nitrogens is 2. The molecule has 9 heteroatoms. The number of hydrogen-bond donors (Lipinski definition) is 1. The van der Waals surface area contributed by atoms with Gasteiger partial charge in [0.1, 0.15) is 0 Å². The first-order valence-electron chi connectivity index (χ1n) is 4.92. The number of imidazole rings is 1. The van der Waals surface area contributed by atoms with Crippen molar-refractivity contribution >= 4 is 11.9 Å². The van der Waals surface area contributed by atoms with Crippen molar-refractivity contribution in [1.82, 2.24) is 14.5 Å². The van der Waals surface area contributed by atoms with E-state index in [2.05, 4.69) is 4.98 Å². The van der Waals surface area contributed by atoms with Gasteiger partial charge >= 0.3 is 18.1 Å². The summed E-state index contributed by atoms with van der Waals surface area (Å²) < 4.78 is 37.6. The number of amides is 1. The first kappa shape index (κ1) is 12.4. The molecule has 0 radical (unpaired) electrons. The Balaban J connectivity index is 1.96. The predicted molar refractivity (Wildman–Crippen MR) is 50.9 cm³/mol. The van der Waals surface area contributed by atoms with Crippen LogP contribution in [0.15, 0.2) is 12.5 Å². The van der Waals surface area contributed by atoms with E-state index in [1.165, 1.54) is 17.1 Å². The molecule has 0 aromatic carbocycles. The molecule has 0 bridgehead atoms.